The molecular formula is C16H24N2O. The van der Waals surface area contributed by atoms with Crippen molar-refractivity contribution in [3.8, 4) is 5.75 Å². The topological polar surface area (TPSA) is 24.5 Å². The molecule has 0 amide bonds. The van der Waals surface area contributed by atoms with Crippen LogP contribution in [0.15, 0.2) is 18.2 Å². The van der Waals surface area contributed by atoms with Crippen molar-refractivity contribution in [1.82, 2.24) is 10.2 Å². The van der Waals surface area contributed by atoms with Crippen LogP contribution in [0.25, 0.3) is 0 Å². The van der Waals surface area contributed by atoms with Crippen LogP contribution in [-0.4, -0.2) is 38.2 Å². The third-order valence-corrected chi connectivity index (χ3v) is 4.47. The maximum Gasteiger partial charge on any atom is 0.122 e. The van der Waals surface area contributed by atoms with Crippen LogP contribution in [0.1, 0.15) is 36.4 Å². The van der Waals surface area contributed by atoms with E-state index in [1.165, 1.54) is 49.9 Å². The van der Waals surface area contributed by atoms with Crippen molar-refractivity contribution in [2.45, 2.75) is 31.7 Å². The van der Waals surface area contributed by atoms with Crippen LogP contribution in [0.3, 0.4) is 0 Å². The van der Waals surface area contributed by atoms with Crippen molar-refractivity contribution >= 4 is 0 Å². The second kappa shape index (κ2) is 5.93. The fourth-order valence-electron chi connectivity index (χ4n) is 3.54. The SMILES string of the molecule is COc1cccc2c1CCC[C@@H]2N1CCCNCC1. The van der Waals surface area contributed by atoms with Gasteiger partial charge in [0.05, 0.1) is 7.11 Å². The average Bonchev–Trinajstić information content (AvgIpc) is 2.75. The predicted octanol–water partition coefficient (Wildman–Crippen LogP) is 2.37. The molecule has 0 bridgehead atoms. The van der Waals surface area contributed by atoms with Crippen molar-refractivity contribution in [1.29, 1.82) is 0 Å². The molecule has 3 rings (SSSR count). The number of hydrogen-bond donors (Lipinski definition) is 1. The van der Waals surface area contributed by atoms with Gasteiger partial charge < -0.3 is 10.1 Å². The highest BCUT2D eigenvalue weighted by Crippen LogP contribution is 2.38. The summed E-state index contributed by atoms with van der Waals surface area (Å²) in [6.45, 7) is 4.67. The van der Waals surface area contributed by atoms with E-state index >= 15 is 0 Å². The van der Waals surface area contributed by atoms with Crippen molar-refractivity contribution in [3.63, 3.8) is 0 Å². The standard InChI is InChI=1S/C16H24N2O/c1-19-16-8-3-5-13-14(16)6-2-7-15(13)18-11-4-9-17-10-12-18/h3,5,8,15,17H,2,4,6-7,9-12H2,1H3/t15-/m0/s1. The monoisotopic (exact) mass is 260 g/mol. The normalized spacial score (nSPS) is 24.6. The second-order valence-corrected chi connectivity index (χ2v) is 5.58. The van der Waals surface area contributed by atoms with E-state index in [4.69, 9.17) is 4.74 Å². The van der Waals surface area contributed by atoms with E-state index in [0.717, 1.165) is 18.8 Å². The van der Waals surface area contributed by atoms with Gasteiger partial charge >= 0.3 is 0 Å². The van der Waals surface area contributed by atoms with Crippen LogP contribution in [0.4, 0.5) is 0 Å². The first-order chi connectivity index (χ1) is 9.40. The van der Waals surface area contributed by atoms with Gasteiger partial charge in [0.1, 0.15) is 5.75 Å². The Kier molecular flexibility index (Phi) is 4.04. The number of rotatable bonds is 2. The molecule has 2 aliphatic rings. The van der Waals surface area contributed by atoms with E-state index in [9.17, 15) is 0 Å². The number of fused-ring (bicyclic) bond motifs is 1. The first-order valence-corrected chi connectivity index (χ1v) is 7.50. The minimum Gasteiger partial charge on any atom is -0.496 e. The van der Waals surface area contributed by atoms with Gasteiger partial charge in [0.15, 0.2) is 0 Å². The highest BCUT2D eigenvalue weighted by atomic mass is 16.5. The van der Waals surface area contributed by atoms with Crippen LogP contribution in [0, 0.1) is 0 Å². The summed E-state index contributed by atoms with van der Waals surface area (Å²) in [5.74, 6) is 1.08. The summed E-state index contributed by atoms with van der Waals surface area (Å²) < 4.78 is 5.54. The van der Waals surface area contributed by atoms with Crippen LogP contribution < -0.4 is 10.1 Å². The van der Waals surface area contributed by atoms with Crippen LogP contribution in [0.5, 0.6) is 5.75 Å². The quantitative estimate of drug-likeness (QED) is 0.883. The van der Waals surface area contributed by atoms with E-state index in [1.54, 1.807) is 7.11 Å². The molecule has 1 fully saturated rings. The Labute approximate surface area is 115 Å². The van der Waals surface area contributed by atoms with Crippen molar-refractivity contribution in [2.75, 3.05) is 33.3 Å². The fraction of sp³-hybridized carbons (Fsp3) is 0.625. The molecular weight excluding hydrogens is 236 g/mol. The van der Waals surface area contributed by atoms with Crippen LogP contribution >= 0.6 is 0 Å². The first kappa shape index (κ1) is 12.9. The summed E-state index contributed by atoms with van der Waals surface area (Å²) in [6, 6.07) is 7.15. The molecule has 0 aromatic heterocycles. The van der Waals surface area contributed by atoms with Gasteiger partial charge in [0.25, 0.3) is 0 Å². The van der Waals surface area contributed by atoms with Gasteiger partial charge in [-0.25, -0.2) is 0 Å². The minimum absolute atomic E-state index is 0.596. The molecule has 1 atom stereocenters. The maximum absolute atomic E-state index is 5.54. The highest BCUT2D eigenvalue weighted by molar-refractivity contribution is 5.43. The second-order valence-electron chi connectivity index (χ2n) is 5.58. The zero-order valence-corrected chi connectivity index (χ0v) is 11.8. The molecule has 1 aromatic carbocycles. The fourth-order valence-corrected chi connectivity index (χ4v) is 3.54. The number of nitrogens with one attached hydrogen (secondary N) is 1. The van der Waals surface area contributed by atoms with E-state index in [0.29, 0.717) is 6.04 Å². The highest BCUT2D eigenvalue weighted by Gasteiger charge is 2.27. The number of methoxy groups -OCH3 is 1. The Bertz CT molecular complexity index is 425. The van der Waals surface area contributed by atoms with Gasteiger partial charge in [-0.3, -0.25) is 4.90 Å². The third-order valence-electron chi connectivity index (χ3n) is 4.47. The molecule has 0 spiro atoms. The molecule has 1 N–H and O–H groups in total. The van der Waals surface area contributed by atoms with Crippen LogP contribution in [0.2, 0.25) is 0 Å². The molecule has 0 unspecified atom stereocenters. The van der Waals surface area contributed by atoms with E-state index < -0.39 is 0 Å². The molecule has 19 heavy (non-hydrogen) atoms. The summed E-state index contributed by atoms with van der Waals surface area (Å²) in [4.78, 5) is 2.66. The summed E-state index contributed by atoms with van der Waals surface area (Å²) in [5, 5.41) is 3.50. The molecule has 1 saturated heterocycles. The number of benzene rings is 1. The lowest BCUT2D eigenvalue weighted by atomic mass is 9.86. The lowest BCUT2D eigenvalue weighted by molar-refractivity contribution is 0.189. The smallest absolute Gasteiger partial charge is 0.122 e. The third kappa shape index (κ3) is 2.63. The summed E-state index contributed by atoms with van der Waals surface area (Å²) in [7, 11) is 1.79. The van der Waals surface area contributed by atoms with E-state index in [-0.39, 0.29) is 0 Å². The lowest BCUT2D eigenvalue weighted by Gasteiger charge is -2.35. The molecule has 0 saturated carbocycles. The summed E-state index contributed by atoms with van der Waals surface area (Å²) in [6.07, 6.45) is 5.00. The first-order valence-electron chi connectivity index (χ1n) is 7.50. The predicted molar refractivity (Wildman–Crippen MR) is 77.7 cm³/mol. The largest absolute Gasteiger partial charge is 0.496 e. The molecule has 1 aliphatic heterocycles. The van der Waals surface area contributed by atoms with Gasteiger partial charge in [0.2, 0.25) is 0 Å². The molecule has 1 aliphatic carbocycles. The Balaban J connectivity index is 1.89. The van der Waals surface area contributed by atoms with Crippen molar-refractivity contribution in [3.05, 3.63) is 29.3 Å². The molecule has 0 radical (unpaired) electrons. The number of hydrogen-bond acceptors (Lipinski definition) is 3. The van der Waals surface area contributed by atoms with Gasteiger partial charge in [-0.15, -0.1) is 0 Å². The molecule has 1 heterocycles. The molecule has 1 aromatic rings. The maximum atomic E-state index is 5.54. The number of nitrogens with zero attached hydrogens (tertiary/aromatic N) is 1. The van der Waals surface area contributed by atoms with E-state index in [2.05, 4.69) is 28.4 Å². The van der Waals surface area contributed by atoms with Crippen LogP contribution in [-0.2, 0) is 6.42 Å². The van der Waals surface area contributed by atoms with Crippen molar-refractivity contribution < 1.29 is 4.74 Å². The zero-order valence-electron chi connectivity index (χ0n) is 11.8. The van der Waals surface area contributed by atoms with Crippen molar-refractivity contribution in [2.24, 2.45) is 0 Å². The summed E-state index contributed by atoms with van der Waals surface area (Å²) >= 11 is 0. The Morgan fingerprint density at radius 1 is 1.21 bits per heavy atom. The minimum atomic E-state index is 0.596. The van der Waals surface area contributed by atoms with Gasteiger partial charge in [-0.05, 0) is 49.4 Å². The molecule has 3 nitrogen and oxygen atoms in total. The molecule has 104 valence electrons. The zero-order chi connectivity index (χ0) is 13.1. The molecule has 3 heteroatoms. The average molecular weight is 260 g/mol. The summed E-state index contributed by atoms with van der Waals surface area (Å²) in [5.41, 5.74) is 2.95. The van der Waals surface area contributed by atoms with Gasteiger partial charge in [0, 0.05) is 25.7 Å². The van der Waals surface area contributed by atoms with E-state index in [1.807, 2.05) is 0 Å². The Morgan fingerprint density at radius 3 is 3.05 bits per heavy atom. The Morgan fingerprint density at radius 2 is 2.16 bits per heavy atom. The number of ether oxygens (including phenoxy) is 1. The Hall–Kier alpha value is -1.06. The lowest BCUT2D eigenvalue weighted by Crippen LogP contribution is -2.34. The van der Waals surface area contributed by atoms with Gasteiger partial charge in [-0.2, -0.15) is 0 Å². The van der Waals surface area contributed by atoms with Gasteiger partial charge in [-0.1, -0.05) is 12.1 Å².